The van der Waals surface area contributed by atoms with Crippen LogP contribution in [0, 0.1) is 6.92 Å². The lowest BCUT2D eigenvalue weighted by molar-refractivity contribution is -0.116. The van der Waals surface area contributed by atoms with Gasteiger partial charge in [0, 0.05) is 37.3 Å². The van der Waals surface area contributed by atoms with Crippen molar-refractivity contribution in [2.24, 2.45) is 0 Å². The molecule has 26 heavy (non-hydrogen) atoms. The van der Waals surface area contributed by atoms with Crippen LogP contribution in [0.3, 0.4) is 0 Å². The molecule has 2 N–H and O–H groups in total. The second kappa shape index (κ2) is 8.00. The second-order valence-electron chi connectivity index (χ2n) is 5.69. The molecular weight excluding hydrogens is 360 g/mol. The SMILES string of the molecule is CC(=O)Nc1cccc(NC(=O)CCN(c2cc(C)on2)S(C)(=O)=O)c1. The third-order valence-electron chi connectivity index (χ3n) is 3.28. The van der Waals surface area contributed by atoms with Crippen LogP contribution in [0.25, 0.3) is 0 Å². The fourth-order valence-electron chi connectivity index (χ4n) is 2.23. The fourth-order valence-corrected chi connectivity index (χ4v) is 3.07. The second-order valence-corrected chi connectivity index (χ2v) is 7.60. The summed E-state index contributed by atoms with van der Waals surface area (Å²) < 4.78 is 29.8. The summed E-state index contributed by atoms with van der Waals surface area (Å²) in [5, 5.41) is 8.96. The third kappa shape index (κ3) is 5.59. The zero-order chi connectivity index (χ0) is 19.3. The van der Waals surface area contributed by atoms with Gasteiger partial charge in [0.15, 0.2) is 5.82 Å². The van der Waals surface area contributed by atoms with Gasteiger partial charge in [-0.2, -0.15) is 0 Å². The van der Waals surface area contributed by atoms with Crippen molar-refractivity contribution in [3.05, 3.63) is 36.1 Å². The van der Waals surface area contributed by atoms with E-state index >= 15 is 0 Å². The normalized spacial score (nSPS) is 11.0. The number of hydrogen-bond acceptors (Lipinski definition) is 6. The summed E-state index contributed by atoms with van der Waals surface area (Å²) in [5.41, 5.74) is 1.04. The van der Waals surface area contributed by atoms with Gasteiger partial charge in [-0.3, -0.25) is 13.9 Å². The van der Waals surface area contributed by atoms with Gasteiger partial charge >= 0.3 is 0 Å². The Morgan fingerprint density at radius 1 is 1.19 bits per heavy atom. The third-order valence-corrected chi connectivity index (χ3v) is 4.45. The first-order chi connectivity index (χ1) is 12.1. The number of aryl methyl sites for hydroxylation is 1. The molecule has 10 heteroatoms. The lowest BCUT2D eigenvalue weighted by atomic mass is 10.2. The number of rotatable bonds is 7. The van der Waals surface area contributed by atoms with E-state index in [2.05, 4.69) is 15.8 Å². The number of benzene rings is 1. The van der Waals surface area contributed by atoms with Gasteiger partial charge in [-0.15, -0.1) is 0 Å². The Kier molecular flexibility index (Phi) is 5.98. The summed E-state index contributed by atoms with van der Waals surface area (Å²) in [5.74, 6) is -0.00244. The zero-order valence-electron chi connectivity index (χ0n) is 14.6. The predicted octanol–water partition coefficient (Wildman–Crippen LogP) is 1.74. The zero-order valence-corrected chi connectivity index (χ0v) is 15.5. The van der Waals surface area contributed by atoms with Crippen LogP contribution in [0.2, 0.25) is 0 Å². The van der Waals surface area contributed by atoms with Gasteiger partial charge in [-0.1, -0.05) is 11.2 Å². The highest BCUT2D eigenvalue weighted by molar-refractivity contribution is 7.92. The number of carbonyl (C=O) groups is 2. The van der Waals surface area contributed by atoms with E-state index in [1.54, 1.807) is 31.2 Å². The summed E-state index contributed by atoms with van der Waals surface area (Å²) in [6.45, 7) is 2.95. The average molecular weight is 380 g/mol. The number of anilines is 3. The Bertz CT molecular complexity index is 907. The number of amides is 2. The first-order valence-corrected chi connectivity index (χ1v) is 9.58. The molecular formula is C16H20N4O5S. The molecule has 0 radical (unpaired) electrons. The van der Waals surface area contributed by atoms with Crippen molar-refractivity contribution < 1.29 is 22.5 Å². The first kappa shape index (κ1) is 19.4. The van der Waals surface area contributed by atoms with Crippen LogP contribution in [0.15, 0.2) is 34.9 Å². The summed E-state index contributed by atoms with van der Waals surface area (Å²) in [6, 6.07) is 8.13. The van der Waals surface area contributed by atoms with Gasteiger partial charge in [0.25, 0.3) is 0 Å². The van der Waals surface area contributed by atoms with Gasteiger partial charge in [-0.05, 0) is 25.1 Å². The van der Waals surface area contributed by atoms with Crippen molar-refractivity contribution in [1.82, 2.24) is 5.16 Å². The highest BCUT2D eigenvalue weighted by Gasteiger charge is 2.21. The lowest BCUT2D eigenvalue weighted by Gasteiger charge is -2.18. The molecule has 2 rings (SSSR count). The van der Waals surface area contributed by atoms with Crippen LogP contribution in [-0.2, 0) is 19.6 Å². The molecule has 0 fully saturated rings. The molecule has 1 aromatic carbocycles. The quantitative estimate of drug-likeness (QED) is 0.754. The monoisotopic (exact) mass is 380 g/mol. The minimum atomic E-state index is -3.61. The van der Waals surface area contributed by atoms with Crippen LogP contribution < -0.4 is 14.9 Å². The molecule has 0 aliphatic carbocycles. The fraction of sp³-hybridized carbons (Fsp3) is 0.312. The number of aromatic nitrogens is 1. The van der Waals surface area contributed by atoms with Crippen LogP contribution in [0.4, 0.5) is 17.2 Å². The molecule has 9 nitrogen and oxygen atoms in total. The van der Waals surface area contributed by atoms with E-state index in [4.69, 9.17) is 4.52 Å². The van der Waals surface area contributed by atoms with Crippen molar-refractivity contribution >= 4 is 39.0 Å². The van der Waals surface area contributed by atoms with E-state index < -0.39 is 10.0 Å². The standard InChI is InChI=1S/C16H20N4O5S/c1-11-9-15(19-25-11)20(26(3,23)24)8-7-16(22)18-14-6-4-5-13(10-14)17-12(2)21/h4-6,9-10H,7-8H2,1-3H3,(H,17,21)(H,18,22). The van der Waals surface area contributed by atoms with E-state index in [1.807, 2.05) is 0 Å². The van der Waals surface area contributed by atoms with E-state index in [0.29, 0.717) is 17.1 Å². The average Bonchev–Trinajstić information content (AvgIpc) is 2.91. The highest BCUT2D eigenvalue weighted by Crippen LogP contribution is 2.18. The van der Waals surface area contributed by atoms with Gasteiger partial charge < -0.3 is 15.2 Å². The Morgan fingerprint density at radius 3 is 2.38 bits per heavy atom. The molecule has 0 spiro atoms. The highest BCUT2D eigenvalue weighted by atomic mass is 32.2. The van der Waals surface area contributed by atoms with Crippen LogP contribution in [0.1, 0.15) is 19.1 Å². The van der Waals surface area contributed by atoms with Crippen molar-refractivity contribution in [2.75, 3.05) is 27.7 Å². The molecule has 0 saturated heterocycles. The number of hydrogen-bond donors (Lipinski definition) is 2. The van der Waals surface area contributed by atoms with Gasteiger partial charge in [-0.25, -0.2) is 8.42 Å². The summed E-state index contributed by atoms with van der Waals surface area (Å²) >= 11 is 0. The molecule has 0 saturated carbocycles. The van der Waals surface area contributed by atoms with Crippen molar-refractivity contribution in [2.45, 2.75) is 20.3 Å². The Morgan fingerprint density at radius 2 is 1.85 bits per heavy atom. The number of nitrogens with one attached hydrogen (secondary N) is 2. The van der Waals surface area contributed by atoms with Crippen LogP contribution in [0.5, 0.6) is 0 Å². The number of carbonyl (C=O) groups excluding carboxylic acids is 2. The predicted molar refractivity (Wildman–Crippen MR) is 97.4 cm³/mol. The van der Waals surface area contributed by atoms with Crippen molar-refractivity contribution in [3.8, 4) is 0 Å². The molecule has 0 atom stereocenters. The van der Waals surface area contributed by atoms with Crippen LogP contribution >= 0.6 is 0 Å². The summed E-state index contributed by atoms with van der Waals surface area (Å²) in [4.78, 5) is 23.2. The Balaban J connectivity index is 2.01. The molecule has 0 aliphatic rings. The minimum Gasteiger partial charge on any atom is -0.360 e. The largest absolute Gasteiger partial charge is 0.360 e. The number of nitrogens with zero attached hydrogens (tertiary/aromatic N) is 2. The van der Waals surface area contributed by atoms with Gasteiger partial charge in [0.2, 0.25) is 21.8 Å². The van der Waals surface area contributed by atoms with Crippen molar-refractivity contribution in [1.29, 1.82) is 0 Å². The van der Waals surface area contributed by atoms with E-state index in [9.17, 15) is 18.0 Å². The van der Waals surface area contributed by atoms with Crippen LogP contribution in [-0.4, -0.2) is 38.2 Å². The van der Waals surface area contributed by atoms with Gasteiger partial charge in [0.05, 0.1) is 6.26 Å². The molecule has 1 heterocycles. The summed E-state index contributed by atoms with van der Waals surface area (Å²) in [7, 11) is -3.61. The smallest absolute Gasteiger partial charge is 0.233 e. The number of sulfonamides is 1. The molecule has 2 aromatic rings. The molecule has 0 bridgehead atoms. The Hall–Kier alpha value is -2.88. The molecule has 1 aromatic heterocycles. The van der Waals surface area contributed by atoms with E-state index in [0.717, 1.165) is 10.6 Å². The lowest BCUT2D eigenvalue weighted by Crippen LogP contribution is -2.33. The Labute approximate surface area is 151 Å². The maximum atomic E-state index is 12.2. The summed E-state index contributed by atoms with van der Waals surface area (Å²) in [6.07, 6.45) is 0.954. The van der Waals surface area contributed by atoms with E-state index in [1.165, 1.54) is 13.0 Å². The van der Waals surface area contributed by atoms with Crippen molar-refractivity contribution in [3.63, 3.8) is 0 Å². The maximum Gasteiger partial charge on any atom is 0.233 e. The van der Waals surface area contributed by atoms with E-state index in [-0.39, 0.29) is 30.6 Å². The maximum absolute atomic E-state index is 12.2. The molecule has 140 valence electrons. The topological polar surface area (TPSA) is 122 Å². The molecule has 0 unspecified atom stereocenters. The minimum absolute atomic E-state index is 0.0800. The first-order valence-electron chi connectivity index (χ1n) is 7.73. The molecule has 0 aliphatic heterocycles. The molecule has 2 amide bonds. The van der Waals surface area contributed by atoms with Gasteiger partial charge in [0.1, 0.15) is 5.76 Å².